The molecule has 0 saturated carbocycles. The fraction of sp³-hybridized carbons (Fsp3) is 0.571. The van der Waals surface area contributed by atoms with E-state index in [0.29, 0.717) is 0 Å². The summed E-state index contributed by atoms with van der Waals surface area (Å²) >= 11 is 0. The van der Waals surface area contributed by atoms with Crippen molar-refractivity contribution in [3.63, 3.8) is 0 Å². The third kappa shape index (κ3) is 4.77. The van der Waals surface area contributed by atoms with Crippen molar-refractivity contribution < 1.29 is 0 Å². The van der Waals surface area contributed by atoms with Gasteiger partial charge in [-0.1, -0.05) is 30.4 Å². The Morgan fingerprint density at radius 3 is 2.31 bits per heavy atom. The molecule has 1 aliphatic rings. The van der Waals surface area contributed by atoms with Crippen LogP contribution in [0.5, 0.6) is 0 Å². The summed E-state index contributed by atoms with van der Waals surface area (Å²) in [6.07, 6.45) is 10.7. The number of nitrogens with zero attached hydrogens (tertiary/aromatic N) is 2. The molecule has 1 rings (SSSR count). The zero-order chi connectivity index (χ0) is 11.8. The van der Waals surface area contributed by atoms with Gasteiger partial charge in [0, 0.05) is 32.7 Å². The molecule has 0 aromatic heterocycles. The van der Waals surface area contributed by atoms with Crippen LogP contribution in [0.25, 0.3) is 0 Å². The standard InChI is InChI=1S/C14H24N2/c1-4-6-8-14(7-5-2)13-16-11-9-15(3)10-12-16/h4-8H,9-13H2,1-3H3/b6-4-,7-5-,14-8+. The van der Waals surface area contributed by atoms with Crippen LogP contribution in [-0.2, 0) is 0 Å². The molecule has 90 valence electrons. The van der Waals surface area contributed by atoms with Gasteiger partial charge in [-0.25, -0.2) is 0 Å². The maximum absolute atomic E-state index is 2.52. The van der Waals surface area contributed by atoms with Gasteiger partial charge in [-0.05, 0) is 26.5 Å². The van der Waals surface area contributed by atoms with Crippen LogP contribution in [0.15, 0.2) is 36.0 Å². The molecule has 0 radical (unpaired) electrons. The summed E-state index contributed by atoms with van der Waals surface area (Å²) < 4.78 is 0. The molecule has 0 amide bonds. The molecule has 1 heterocycles. The Morgan fingerprint density at radius 2 is 1.75 bits per heavy atom. The van der Waals surface area contributed by atoms with Crippen LogP contribution in [-0.4, -0.2) is 49.6 Å². The molecular weight excluding hydrogens is 196 g/mol. The molecule has 0 aliphatic carbocycles. The topological polar surface area (TPSA) is 6.48 Å². The average Bonchev–Trinajstić information content (AvgIpc) is 2.29. The predicted octanol–water partition coefficient (Wildman–Crippen LogP) is 2.31. The lowest BCUT2D eigenvalue weighted by Crippen LogP contribution is -2.44. The van der Waals surface area contributed by atoms with Gasteiger partial charge in [0.05, 0.1) is 0 Å². The quantitative estimate of drug-likeness (QED) is 0.671. The van der Waals surface area contributed by atoms with E-state index in [0.717, 1.165) is 6.54 Å². The van der Waals surface area contributed by atoms with E-state index in [2.05, 4.69) is 61.1 Å². The Kier molecular flexibility index (Phi) is 6.12. The largest absolute Gasteiger partial charge is 0.304 e. The summed E-state index contributed by atoms with van der Waals surface area (Å²) in [4.78, 5) is 4.91. The van der Waals surface area contributed by atoms with E-state index in [4.69, 9.17) is 0 Å². The van der Waals surface area contributed by atoms with Crippen molar-refractivity contribution >= 4 is 0 Å². The molecule has 1 saturated heterocycles. The summed E-state index contributed by atoms with van der Waals surface area (Å²) in [7, 11) is 2.19. The van der Waals surface area contributed by atoms with Gasteiger partial charge in [0.15, 0.2) is 0 Å². The minimum atomic E-state index is 1.07. The molecular formula is C14H24N2. The molecule has 1 fully saturated rings. The highest BCUT2D eigenvalue weighted by atomic mass is 15.2. The first-order valence-corrected chi connectivity index (χ1v) is 6.11. The minimum Gasteiger partial charge on any atom is -0.304 e. The number of hydrogen-bond donors (Lipinski definition) is 0. The number of likely N-dealkylation sites (N-methyl/N-ethyl adjacent to an activating group) is 1. The van der Waals surface area contributed by atoms with Gasteiger partial charge in [0.1, 0.15) is 0 Å². The van der Waals surface area contributed by atoms with E-state index >= 15 is 0 Å². The second-order valence-corrected chi connectivity index (χ2v) is 4.35. The van der Waals surface area contributed by atoms with Crippen LogP contribution in [0.2, 0.25) is 0 Å². The van der Waals surface area contributed by atoms with Crippen LogP contribution in [0, 0.1) is 0 Å². The summed E-state index contributed by atoms with van der Waals surface area (Å²) in [6, 6.07) is 0. The lowest BCUT2D eigenvalue weighted by Gasteiger charge is -2.32. The molecule has 0 unspecified atom stereocenters. The first-order chi connectivity index (χ1) is 7.76. The SMILES string of the molecule is C\C=C/C=C(\C=C/C)CN1CCN(C)CC1. The number of allylic oxidation sites excluding steroid dienone is 4. The average molecular weight is 220 g/mol. The van der Waals surface area contributed by atoms with E-state index in [9.17, 15) is 0 Å². The maximum Gasteiger partial charge on any atom is 0.0234 e. The second kappa shape index (κ2) is 7.42. The first-order valence-electron chi connectivity index (χ1n) is 6.11. The number of hydrogen-bond acceptors (Lipinski definition) is 2. The van der Waals surface area contributed by atoms with Gasteiger partial charge in [-0.15, -0.1) is 0 Å². The van der Waals surface area contributed by atoms with E-state index in [1.165, 1.54) is 31.8 Å². The van der Waals surface area contributed by atoms with Gasteiger partial charge in [0.25, 0.3) is 0 Å². The van der Waals surface area contributed by atoms with Crippen molar-refractivity contribution in [3.8, 4) is 0 Å². The van der Waals surface area contributed by atoms with Crippen molar-refractivity contribution in [2.75, 3.05) is 39.8 Å². The highest BCUT2D eigenvalue weighted by Gasteiger charge is 2.13. The molecule has 0 atom stereocenters. The smallest absolute Gasteiger partial charge is 0.0234 e. The summed E-state index contributed by atoms with van der Waals surface area (Å²) in [5.41, 5.74) is 1.39. The Bertz CT molecular complexity index is 268. The van der Waals surface area contributed by atoms with Crippen LogP contribution in [0.1, 0.15) is 13.8 Å². The Hall–Kier alpha value is -0.860. The molecule has 0 N–H and O–H groups in total. The maximum atomic E-state index is 2.52. The molecule has 0 bridgehead atoms. The third-order valence-corrected chi connectivity index (χ3v) is 2.89. The van der Waals surface area contributed by atoms with E-state index in [-0.39, 0.29) is 0 Å². The van der Waals surface area contributed by atoms with Crippen molar-refractivity contribution in [3.05, 3.63) is 36.0 Å². The predicted molar refractivity (Wildman–Crippen MR) is 71.6 cm³/mol. The van der Waals surface area contributed by atoms with Gasteiger partial charge in [-0.3, -0.25) is 4.90 Å². The lowest BCUT2D eigenvalue weighted by atomic mass is 10.2. The number of rotatable bonds is 4. The summed E-state index contributed by atoms with van der Waals surface area (Å²) in [5.74, 6) is 0. The van der Waals surface area contributed by atoms with Crippen LogP contribution < -0.4 is 0 Å². The van der Waals surface area contributed by atoms with Crippen molar-refractivity contribution in [1.29, 1.82) is 0 Å². The molecule has 16 heavy (non-hydrogen) atoms. The molecule has 0 aromatic rings. The summed E-state index contributed by atoms with van der Waals surface area (Å²) in [5, 5.41) is 0. The van der Waals surface area contributed by atoms with Gasteiger partial charge >= 0.3 is 0 Å². The summed E-state index contributed by atoms with van der Waals surface area (Å²) in [6.45, 7) is 9.94. The van der Waals surface area contributed by atoms with Gasteiger partial charge < -0.3 is 4.90 Å². The van der Waals surface area contributed by atoms with E-state index < -0.39 is 0 Å². The fourth-order valence-electron chi connectivity index (χ4n) is 1.86. The first kappa shape index (κ1) is 13.2. The monoisotopic (exact) mass is 220 g/mol. The Morgan fingerprint density at radius 1 is 1.06 bits per heavy atom. The van der Waals surface area contributed by atoms with Crippen molar-refractivity contribution in [1.82, 2.24) is 9.80 Å². The second-order valence-electron chi connectivity index (χ2n) is 4.35. The van der Waals surface area contributed by atoms with Crippen LogP contribution in [0.3, 0.4) is 0 Å². The van der Waals surface area contributed by atoms with Gasteiger partial charge in [-0.2, -0.15) is 0 Å². The highest BCUT2D eigenvalue weighted by molar-refractivity contribution is 5.24. The van der Waals surface area contributed by atoms with E-state index in [1.807, 2.05) is 0 Å². The molecule has 1 aliphatic heterocycles. The molecule has 2 nitrogen and oxygen atoms in total. The normalized spacial score (nSPS) is 21.3. The zero-order valence-electron chi connectivity index (χ0n) is 10.8. The van der Waals surface area contributed by atoms with Crippen molar-refractivity contribution in [2.24, 2.45) is 0 Å². The highest BCUT2D eigenvalue weighted by Crippen LogP contribution is 2.06. The molecule has 0 aromatic carbocycles. The molecule has 2 heteroatoms. The fourth-order valence-corrected chi connectivity index (χ4v) is 1.86. The molecule has 0 spiro atoms. The van der Waals surface area contributed by atoms with Crippen LogP contribution in [0.4, 0.5) is 0 Å². The van der Waals surface area contributed by atoms with Crippen molar-refractivity contribution in [2.45, 2.75) is 13.8 Å². The third-order valence-electron chi connectivity index (χ3n) is 2.89. The minimum absolute atomic E-state index is 1.07. The van der Waals surface area contributed by atoms with E-state index in [1.54, 1.807) is 0 Å². The zero-order valence-corrected chi connectivity index (χ0v) is 10.8. The number of piperazine rings is 1. The Labute approximate surface area is 99.9 Å². The Balaban J connectivity index is 2.48. The van der Waals surface area contributed by atoms with Crippen LogP contribution >= 0.6 is 0 Å². The van der Waals surface area contributed by atoms with Gasteiger partial charge in [0.2, 0.25) is 0 Å². The lowest BCUT2D eigenvalue weighted by molar-refractivity contribution is 0.165.